The van der Waals surface area contributed by atoms with Crippen LogP contribution in [0, 0.1) is 0 Å². The molecule has 1 aliphatic carbocycles. The lowest BCUT2D eigenvalue weighted by atomic mass is 10.1. The van der Waals surface area contributed by atoms with Crippen LogP contribution in [-0.4, -0.2) is 34.0 Å². The number of halogens is 1. The molecule has 1 heterocycles. The van der Waals surface area contributed by atoms with Crippen LogP contribution in [0.3, 0.4) is 0 Å². The lowest BCUT2D eigenvalue weighted by Crippen LogP contribution is -2.18. The Hall–Kier alpha value is -2.48. The average Bonchev–Trinajstić information content (AvgIpc) is 3.27. The molecule has 2 aromatic rings. The highest BCUT2D eigenvalue weighted by atomic mass is 79.9. The molecule has 0 aliphatic heterocycles. The van der Waals surface area contributed by atoms with Crippen molar-refractivity contribution < 1.29 is 19.1 Å². The maximum Gasteiger partial charge on any atom is 0.364 e. The van der Waals surface area contributed by atoms with Gasteiger partial charge in [-0.1, -0.05) is 35.5 Å². The summed E-state index contributed by atoms with van der Waals surface area (Å²) in [6, 6.07) is 9.44. The van der Waals surface area contributed by atoms with Crippen molar-refractivity contribution in [3.8, 4) is 0 Å². The molecule has 0 radical (unpaired) electrons. The number of ether oxygens (including phenoxy) is 2. The Labute approximate surface area is 159 Å². The van der Waals surface area contributed by atoms with Gasteiger partial charge in [0.05, 0.1) is 18.7 Å². The number of hydrogen-bond donors (Lipinski definition) is 0. The molecule has 1 atom stereocenters. The van der Waals surface area contributed by atoms with E-state index >= 15 is 0 Å². The van der Waals surface area contributed by atoms with Gasteiger partial charge in [-0.25, -0.2) is 14.3 Å². The zero-order chi connectivity index (χ0) is 18.7. The van der Waals surface area contributed by atoms with Gasteiger partial charge in [-0.2, -0.15) is 0 Å². The number of nitrogens with zero attached hydrogens (tertiary/aromatic N) is 3. The van der Waals surface area contributed by atoms with Crippen molar-refractivity contribution in [2.24, 2.45) is 0 Å². The molecule has 1 aromatic heterocycles. The van der Waals surface area contributed by atoms with Crippen LogP contribution in [0.4, 0.5) is 0 Å². The first-order valence-electron chi connectivity index (χ1n) is 8.21. The number of benzene rings is 1. The molecule has 0 saturated heterocycles. The van der Waals surface area contributed by atoms with Crippen LogP contribution < -0.4 is 0 Å². The number of methoxy groups -OCH3 is 1. The summed E-state index contributed by atoms with van der Waals surface area (Å²) in [6.45, 7) is 1.92. The summed E-state index contributed by atoms with van der Waals surface area (Å²) < 4.78 is 12.1. The summed E-state index contributed by atoms with van der Waals surface area (Å²) in [4.78, 5) is 24.6. The fourth-order valence-electron chi connectivity index (χ4n) is 2.92. The summed E-state index contributed by atoms with van der Waals surface area (Å²) in [5.74, 6) is -0.717. The fourth-order valence-corrected chi connectivity index (χ4v) is 3.34. The Morgan fingerprint density at radius 2 is 1.92 bits per heavy atom. The van der Waals surface area contributed by atoms with Crippen molar-refractivity contribution >= 4 is 27.9 Å². The predicted molar refractivity (Wildman–Crippen MR) is 96.3 cm³/mol. The van der Waals surface area contributed by atoms with Gasteiger partial charge < -0.3 is 9.47 Å². The standard InChI is InChI=1S/C18H18BrN3O4/c1-11(12-7-4-3-5-8-12)22-15(16(19)20-21-22)18(24)26-14-10-6-9-13(14)17(23)25-2/h3-5,7-8,11H,6,9-10H2,1-2H3/t11-/m1/s1. The SMILES string of the molecule is COC(=O)C1=C(OC(=O)c2c(Br)nnn2[C@H](C)c2ccccc2)CCC1. The highest BCUT2D eigenvalue weighted by Crippen LogP contribution is 2.30. The lowest BCUT2D eigenvalue weighted by molar-refractivity contribution is -0.136. The summed E-state index contributed by atoms with van der Waals surface area (Å²) in [7, 11) is 1.31. The van der Waals surface area contributed by atoms with Crippen LogP contribution in [0.5, 0.6) is 0 Å². The van der Waals surface area contributed by atoms with Gasteiger partial charge in [0, 0.05) is 6.42 Å². The molecule has 0 N–H and O–H groups in total. The number of hydrogen-bond acceptors (Lipinski definition) is 6. The highest BCUT2D eigenvalue weighted by Gasteiger charge is 2.29. The number of carbonyl (C=O) groups is 2. The Morgan fingerprint density at radius 3 is 2.62 bits per heavy atom. The first-order valence-corrected chi connectivity index (χ1v) is 9.00. The number of carbonyl (C=O) groups excluding carboxylic acids is 2. The first kappa shape index (κ1) is 18.3. The summed E-state index contributed by atoms with van der Waals surface area (Å²) in [5.41, 5.74) is 1.59. The van der Waals surface area contributed by atoms with Crippen molar-refractivity contribution in [3.63, 3.8) is 0 Å². The minimum absolute atomic E-state index is 0.199. The van der Waals surface area contributed by atoms with Gasteiger partial charge in [0.2, 0.25) is 0 Å². The minimum Gasteiger partial charge on any atom is -0.466 e. The van der Waals surface area contributed by atoms with Gasteiger partial charge in [0.15, 0.2) is 10.3 Å². The average molecular weight is 420 g/mol. The van der Waals surface area contributed by atoms with Gasteiger partial charge >= 0.3 is 11.9 Å². The van der Waals surface area contributed by atoms with Gasteiger partial charge in [0.25, 0.3) is 0 Å². The van der Waals surface area contributed by atoms with Crippen LogP contribution >= 0.6 is 15.9 Å². The monoisotopic (exact) mass is 419 g/mol. The Bertz CT molecular complexity index is 861. The molecule has 1 aromatic carbocycles. The van der Waals surface area contributed by atoms with Crippen molar-refractivity contribution in [1.82, 2.24) is 15.0 Å². The van der Waals surface area contributed by atoms with E-state index in [1.807, 2.05) is 37.3 Å². The maximum absolute atomic E-state index is 12.8. The molecule has 136 valence electrons. The summed E-state index contributed by atoms with van der Waals surface area (Å²) in [5, 5.41) is 8.02. The molecule has 0 bridgehead atoms. The van der Waals surface area contributed by atoms with Crippen LogP contribution in [-0.2, 0) is 14.3 Å². The maximum atomic E-state index is 12.8. The van der Waals surface area contributed by atoms with Gasteiger partial charge in [0.1, 0.15) is 5.76 Å². The smallest absolute Gasteiger partial charge is 0.364 e. The van der Waals surface area contributed by atoms with E-state index in [0.717, 1.165) is 12.0 Å². The number of rotatable bonds is 5. The number of aromatic nitrogens is 3. The van der Waals surface area contributed by atoms with Crippen molar-refractivity contribution in [3.05, 3.63) is 57.5 Å². The zero-order valence-corrected chi connectivity index (χ0v) is 16.0. The van der Waals surface area contributed by atoms with Crippen LogP contribution in [0.25, 0.3) is 0 Å². The van der Waals surface area contributed by atoms with Crippen molar-refractivity contribution in [2.45, 2.75) is 32.2 Å². The largest absolute Gasteiger partial charge is 0.466 e. The molecule has 0 fully saturated rings. The highest BCUT2D eigenvalue weighted by molar-refractivity contribution is 9.10. The van der Waals surface area contributed by atoms with Crippen molar-refractivity contribution in [1.29, 1.82) is 0 Å². The minimum atomic E-state index is -0.608. The second-order valence-electron chi connectivity index (χ2n) is 5.90. The third-order valence-corrected chi connectivity index (χ3v) is 4.84. The molecule has 0 saturated carbocycles. The Morgan fingerprint density at radius 1 is 1.19 bits per heavy atom. The molecule has 26 heavy (non-hydrogen) atoms. The molecular weight excluding hydrogens is 402 g/mol. The quantitative estimate of drug-likeness (QED) is 0.690. The third kappa shape index (κ3) is 3.55. The second kappa shape index (κ2) is 7.82. The molecule has 0 amide bonds. The molecule has 0 spiro atoms. The Balaban J connectivity index is 1.89. The van der Waals surface area contributed by atoms with Crippen molar-refractivity contribution in [2.75, 3.05) is 7.11 Å². The van der Waals surface area contributed by atoms with E-state index in [1.54, 1.807) is 0 Å². The lowest BCUT2D eigenvalue weighted by Gasteiger charge is -2.15. The molecule has 3 rings (SSSR count). The van der Waals surface area contributed by atoms with E-state index in [-0.39, 0.29) is 11.7 Å². The second-order valence-corrected chi connectivity index (χ2v) is 6.65. The summed E-state index contributed by atoms with van der Waals surface area (Å²) in [6.07, 6.45) is 1.80. The number of esters is 2. The van der Waals surface area contributed by atoms with Crippen LogP contribution in [0.1, 0.15) is 48.3 Å². The van der Waals surface area contributed by atoms with E-state index in [1.165, 1.54) is 11.8 Å². The molecular formula is C18H18BrN3O4. The molecule has 1 aliphatic rings. The van der Waals surface area contributed by atoms with E-state index in [9.17, 15) is 9.59 Å². The van der Waals surface area contributed by atoms with Crippen LogP contribution in [0.15, 0.2) is 46.3 Å². The van der Waals surface area contributed by atoms with Crippen LogP contribution in [0.2, 0.25) is 0 Å². The van der Waals surface area contributed by atoms with Gasteiger partial charge in [-0.3, -0.25) is 0 Å². The normalized spacial score (nSPS) is 15.0. The Kier molecular flexibility index (Phi) is 5.51. The fraction of sp³-hybridized carbons (Fsp3) is 0.333. The predicted octanol–water partition coefficient (Wildman–Crippen LogP) is 3.42. The van der Waals surface area contributed by atoms with E-state index in [2.05, 4.69) is 26.2 Å². The summed E-state index contributed by atoms with van der Waals surface area (Å²) >= 11 is 3.26. The van der Waals surface area contributed by atoms with Gasteiger partial charge in [-0.15, -0.1) is 5.10 Å². The molecule has 7 nitrogen and oxygen atoms in total. The molecule has 8 heteroatoms. The first-order chi connectivity index (χ1) is 12.5. The topological polar surface area (TPSA) is 83.3 Å². The van der Waals surface area contributed by atoms with E-state index in [0.29, 0.717) is 28.8 Å². The third-order valence-electron chi connectivity index (χ3n) is 4.31. The number of allylic oxidation sites excluding steroid dienone is 1. The van der Waals surface area contributed by atoms with E-state index in [4.69, 9.17) is 9.47 Å². The van der Waals surface area contributed by atoms with E-state index < -0.39 is 11.9 Å². The zero-order valence-electron chi connectivity index (χ0n) is 14.4. The molecule has 0 unspecified atom stereocenters. The van der Waals surface area contributed by atoms with Gasteiger partial charge in [-0.05, 0) is 41.3 Å².